The molecule has 0 aromatic heterocycles. The van der Waals surface area contributed by atoms with E-state index in [4.69, 9.17) is 0 Å². The third-order valence-electron chi connectivity index (χ3n) is 2.41. The van der Waals surface area contributed by atoms with Gasteiger partial charge in [0.15, 0.2) is 0 Å². The van der Waals surface area contributed by atoms with Crippen molar-refractivity contribution in [3.05, 3.63) is 0 Å². The van der Waals surface area contributed by atoms with E-state index in [1.54, 1.807) is 0 Å². The average molecular weight is 199 g/mol. The predicted molar refractivity (Wildman–Crippen MR) is 58.9 cm³/mol. The first-order valence-corrected chi connectivity index (χ1v) is 5.90. The summed E-state index contributed by atoms with van der Waals surface area (Å²) < 4.78 is 4.49. The smallest absolute Gasteiger partial charge is 0.417 e. The van der Waals surface area contributed by atoms with Gasteiger partial charge in [-0.15, -0.1) is 0 Å². The highest BCUT2D eigenvalue weighted by atomic mass is 16.5. The molecular formula is C12H23O2. The van der Waals surface area contributed by atoms with Gasteiger partial charge in [-0.3, -0.25) is 0 Å². The van der Waals surface area contributed by atoms with Crippen LogP contribution >= 0.6 is 0 Å². The number of hydrogen-bond acceptors (Lipinski definition) is 2. The topological polar surface area (TPSA) is 26.3 Å². The Labute approximate surface area is 88.0 Å². The van der Waals surface area contributed by atoms with Crippen LogP contribution in [0.15, 0.2) is 0 Å². The molecule has 0 aromatic carbocycles. The Bertz CT molecular complexity index is 113. The van der Waals surface area contributed by atoms with Gasteiger partial charge < -0.3 is 4.74 Å². The Morgan fingerprint density at radius 1 is 0.857 bits per heavy atom. The minimum absolute atomic E-state index is 0.541. The Balaban J connectivity index is 2.81. The van der Waals surface area contributed by atoms with Crippen LogP contribution in [0.4, 0.5) is 0 Å². The monoisotopic (exact) mass is 199 g/mol. The van der Waals surface area contributed by atoms with Crippen LogP contribution in [0.3, 0.4) is 0 Å². The van der Waals surface area contributed by atoms with Crippen LogP contribution in [0.5, 0.6) is 0 Å². The zero-order valence-corrected chi connectivity index (χ0v) is 9.39. The van der Waals surface area contributed by atoms with Gasteiger partial charge in [0.25, 0.3) is 0 Å². The van der Waals surface area contributed by atoms with Crippen molar-refractivity contribution in [3.63, 3.8) is 0 Å². The third kappa shape index (κ3) is 11.5. The molecule has 2 heteroatoms. The molecule has 0 N–H and O–H groups in total. The summed E-state index contributed by atoms with van der Waals surface area (Å²) in [6, 6.07) is 0. The first-order valence-electron chi connectivity index (χ1n) is 5.90. The molecule has 0 aliphatic rings. The molecule has 0 unspecified atom stereocenters. The summed E-state index contributed by atoms with van der Waals surface area (Å²) in [7, 11) is 0. The minimum Gasteiger partial charge on any atom is -0.457 e. The van der Waals surface area contributed by atoms with E-state index in [1.165, 1.54) is 57.8 Å². The summed E-state index contributed by atoms with van der Waals surface area (Å²) in [5.41, 5.74) is 0. The van der Waals surface area contributed by atoms with Gasteiger partial charge in [-0.1, -0.05) is 58.3 Å². The fourth-order valence-corrected chi connectivity index (χ4v) is 1.53. The maximum Gasteiger partial charge on any atom is 0.417 e. The third-order valence-corrected chi connectivity index (χ3v) is 2.41. The standard InChI is InChI=1S/C12H23O2/c1-2-3-4-5-6-7-8-9-10-11-14-12-13/h2-11H2,1H3. The molecule has 0 spiro atoms. The highest BCUT2D eigenvalue weighted by Gasteiger charge is 1.92. The summed E-state index contributed by atoms with van der Waals surface area (Å²) >= 11 is 0. The molecule has 0 aromatic rings. The van der Waals surface area contributed by atoms with E-state index in [2.05, 4.69) is 11.7 Å². The van der Waals surface area contributed by atoms with Gasteiger partial charge in [0.05, 0.1) is 6.61 Å². The van der Waals surface area contributed by atoms with Crippen LogP contribution in [0, 0.1) is 0 Å². The Morgan fingerprint density at radius 2 is 1.36 bits per heavy atom. The van der Waals surface area contributed by atoms with Gasteiger partial charge in [0, 0.05) is 0 Å². The van der Waals surface area contributed by atoms with Crippen LogP contribution < -0.4 is 0 Å². The number of carbonyl (C=O) groups excluding carboxylic acids is 1. The Kier molecular flexibility index (Phi) is 12.0. The van der Waals surface area contributed by atoms with Gasteiger partial charge in [-0.2, -0.15) is 0 Å². The molecule has 0 amide bonds. The molecule has 0 saturated heterocycles. The molecule has 0 aliphatic heterocycles. The molecule has 0 bridgehead atoms. The molecule has 0 aliphatic carbocycles. The minimum atomic E-state index is 0.541. The van der Waals surface area contributed by atoms with Crippen molar-refractivity contribution in [1.82, 2.24) is 0 Å². The van der Waals surface area contributed by atoms with Gasteiger partial charge in [-0.25, -0.2) is 4.79 Å². The van der Waals surface area contributed by atoms with E-state index >= 15 is 0 Å². The SMILES string of the molecule is CCCCCCCCCCCO[C]=O. The zero-order chi connectivity index (χ0) is 10.5. The molecule has 0 fully saturated rings. The predicted octanol–water partition coefficient (Wildman–Crippen LogP) is 3.60. The van der Waals surface area contributed by atoms with E-state index in [0.29, 0.717) is 6.61 Å². The number of rotatable bonds is 11. The molecule has 2 nitrogen and oxygen atoms in total. The van der Waals surface area contributed by atoms with E-state index in [9.17, 15) is 4.79 Å². The van der Waals surface area contributed by atoms with Crippen molar-refractivity contribution in [3.8, 4) is 0 Å². The van der Waals surface area contributed by atoms with Gasteiger partial charge in [0.2, 0.25) is 0 Å². The molecule has 0 atom stereocenters. The quantitative estimate of drug-likeness (QED) is 0.475. The first kappa shape index (κ1) is 13.5. The normalized spacial score (nSPS) is 10.1. The van der Waals surface area contributed by atoms with Gasteiger partial charge >= 0.3 is 6.47 Å². The van der Waals surface area contributed by atoms with Crippen molar-refractivity contribution in [1.29, 1.82) is 0 Å². The molecule has 14 heavy (non-hydrogen) atoms. The Morgan fingerprint density at radius 3 is 1.86 bits per heavy atom. The summed E-state index contributed by atoms with van der Waals surface area (Å²) in [5.74, 6) is 0. The van der Waals surface area contributed by atoms with Crippen LogP contribution in [0.25, 0.3) is 0 Å². The van der Waals surface area contributed by atoms with Crippen LogP contribution in [0.1, 0.15) is 64.7 Å². The van der Waals surface area contributed by atoms with Crippen molar-refractivity contribution in [2.24, 2.45) is 0 Å². The fourth-order valence-electron chi connectivity index (χ4n) is 1.53. The molecule has 0 rings (SSSR count). The molecule has 0 heterocycles. The summed E-state index contributed by atoms with van der Waals surface area (Å²) in [6.07, 6.45) is 11.6. The lowest BCUT2D eigenvalue weighted by atomic mass is 10.1. The van der Waals surface area contributed by atoms with Crippen molar-refractivity contribution < 1.29 is 9.53 Å². The van der Waals surface area contributed by atoms with E-state index in [1.807, 2.05) is 0 Å². The lowest BCUT2D eigenvalue weighted by molar-refractivity contribution is 0.268. The van der Waals surface area contributed by atoms with Crippen LogP contribution in [0.2, 0.25) is 0 Å². The molecular weight excluding hydrogens is 176 g/mol. The van der Waals surface area contributed by atoms with Crippen LogP contribution in [-0.4, -0.2) is 13.1 Å². The summed E-state index contributed by atoms with van der Waals surface area (Å²) in [6.45, 7) is 4.22. The van der Waals surface area contributed by atoms with E-state index in [-0.39, 0.29) is 0 Å². The second-order valence-corrected chi connectivity index (χ2v) is 3.76. The Hall–Kier alpha value is -0.530. The first-order chi connectivity index (χ1) is 6.91. The summed E-state index contributed by atoms with van der Waals surface area (Å²) in [4.78, 5) is 9.69. The molecule has 83 valence electrons. The number of ether oxygens (including phenoxy) is 1. The van der Waals surface area contributed by atoms with E-state index < -0.39 is 0 Å². The van der Waals surface area contributed by atoms with Crippen LogP contribution in [-0.2, 0) is 9.53 Å². The number of unbranched alkanes of at least 4 members (excludes halogenated alkanes) is 8. The zero-order valence-electron chi connectivity index (χ0n) is 9.39. The van der Waals surface area contributed by atoms with Crippen molar-refractivity contribution in [2.75, 3.05) is 6.61 Å². The van der Waals surface area contributed by atoms with Gasteiger partial charge in [-0.05, 0) is 6.42 Å². The van der Waals surface area contributed by atoms with E-state index in [0.717, 1.165) is 6.42 Å². The maximum atomic E-state index is 9.69. The van der Waals surface area contributed by atoms with Crippen molar-refractivity contribution >= 4 is 6.47 Å². The van der Waals surface area contributed by atoms with Gasteiger partial charge in [0.1, 0.15) is 0 Å². The fraction of sp³-hybridized carbons (Fsp3) is 0.917. The highest BCUT2D eigenvalue weighted by Crippen LogP contribution is 2.09. The lowest BCUT2D eigenvalue weighted by Gasteiger charge is -2.00. The largest absolute Gasteiger partial charge is 0.457 e. The highest BCUT2D eigenvalue weighted by molar-refractivity contribution is 5.37. The second kappa shape index (κ2) is 12.5. The summed E-state index contributed by atoms with van der Waals surface area (Å²) in [5, 5.41) is 0. The average Bonchev–Trinajstić information content (AvgIpc) is 2.21. The molecule has 0 saturated carbocycles. The molecule has 1 radical (unpaired) electrons. The van der Waals surface area contributed by atoms with Crippen molar-refractivity contribution in [2.45, 2.75) is 64.7 Å². The number of hydrogen-bond donors (Lipinski definition) is 0. The second-order valence-electron chi connectivity index (χ2n) is 3.76. The lowest BCUT2D eigenvalue weighted by Crippen LogP contribution is -1.91. The maximum absolute atomic E-state index is 9.69.